The first-order valence-electron chi connectivity index (χ1n) is 7.01. The molecule has 0 saturated heterocycles. The quantitative estimate of drug-likeness (QED) is 0.698. The maximum atomic E-state index is 12.1. The highest BCUT2D eigenvalue weighted by atomic mass is 35.5. The fourth-order valence-electron chi connectivity index (χ4n) is 1.79. The Morgan fingerprint density at radius 2 is 1.74 bits per heavy atom. The van der Waals surface area contributed by atoms with Gasteiger partial charge in [0.2, 0.25) is 0 Å². The average Bonchev–Trinajstić information content (AvgIpc) is 2.48. The molecule has 0 fully saturated rings. The van der Waals surface area contributed by atoms with Crippen molar-refractivity contribution in [1.82, 2.24) is 5.32 Å². The molecule has 2 N–H and O–H groups in total. The number of aliphatic carboxylic acids is 1. The molecule has 128 valence electrons. The Balaban J connectivity index is 2.81. The maximum absolute atomic E-state index is 12.1. The van der Waals surface area contributed by atoms with E-state index < -0.39 is 24.0 Å². The summed E-state index contributed by atoms with van der Waals surface area (Å²) >= 11 is 17.7. The molecule has 0 bridgehead atoms. The average molecular weight is 383 g/mol. The van der Waals surface area contributed by atoms with Crippen molar-refractivity contribution in [2.45, 2.75) is 39.3 Å². The van der Waals surface area contributed by atoms with Crippen LogP contribution in [-0.2, 0) is 9.59 Å². The second-order valence-electron chi connectivity index (χ2n) is 5.17. The van der Waals surface area contributed by atoms with Crippen molar-refractivity contribution < 1.29 is 19.4 Å². The van der Waals surface area contributed by atoms with Gasteiger partial charge in [0.25, 0.3) is 5.91 Å². The summed E-state index contributed by atoms with van der Waals surface area (Å²) in [5.74, 6) is -1.66. The first-order chi connectivity index (χ1) is 10.7. The highest BCUT2D eigenvalue weighted by Crippen LogP contribution is 2.34. The van der Waals surface area contributed by atoms with Crippen LogP contribution in [0.4, 0.5) is 0 Å². The third-order valence-electron chi connectivity index (χ3n) is 3.42. The van der Waals surface area contributed by atoms with Crippen LogP contribution in [0.25, 0.3) is 0 Å². The number of benzene rings is 1. The van der Waals surface area contributed by atoms with Gasteiger partial charge < -0.3 is 15.2 Å². The zero-order valence-corrected chi connectivity index (χ0v) is 15.2. The summed E-state index contributed by atoms with van der Waals surface area (Å²) in [4.78, 5) is 23.4. The highest BCUT2D eigenvalue weighted by Gasteiger charge is 2.28. The Morgan fingerprint density at radius 3 is 2.26 bits per heavy atom. The van der Waals surface area contributed by atoms with Crippen LogP contribution < -0.4 is 10.1 Å². The van der Waals surface area contributed by atoms with E-state index in [0.717, 1.165) is 0 Å². The number of hydrogen-bond acceptors (Lipinski definition) is 3. The minimum atomic E-state index is -1.09. The standard InChI is InChI=1S/C15H18Cl3NO4/c1-4-7(2)13(15(21)22)19-14(20)8(3)23-12-6-10(17)9(16)5-11(12)18/h5-8,13H,4H2,1-3H3,(H,19,20)(H,21,22)/t7-,8-,13-/m1/s1. The summed E-state index contributed by atoms with van der Waals surface area (Å²) < 4.78 is 5.46. The number of amides is 1. The number of nitrogens with one attached hydrogen (secondary N) is 1. The van der Waals surface area contributed by atoms with Gasteiger partial charge in [0.05, 0.1) is 15.1 Å². The minimum absolute atomic E-state index is 0.194. The number of carbonyl (C=O) groups is 2. The van der Waals surface area contributed by atoms with Gasteiger partial charge >= 0.3 is 5.97 Å². The fraction of sp³-hybridized carbons (Fsp3) is 0.467. The number of ether oxygens (including phenoxy) is 1. The molecule has 0 aliphatic carbocycles. The minimum Gasteiger partial charge on any atom is -0.480 e. The van der Waals surface area contributed by atoms with Gasteiger partial charge in [0.15, 0.2) is 6.10 Å². The van der Waals surface area contributed by atoms with E-state index in [4.69, 9.17) is 39.5 Å². The molecule has 1 amide bonds. The lowest BCUT2D eigenvalue weighted by Gasteiger charge is -2.23. The van der Waals surface area contributed by atoms with E-state index in [1.165, 1.54) is 19.1 Å². The Bertz CT molecular complexity index is 594. The number of hydrogen-bond donors (Lipinski definition) is 2. The third-order valence-corrected chi connectivity index (χ3v) is 4.44. The zero-order valence-electron chi connectivity index (χ0n) is 12.9. The summed E-state index contributed by atoms with van der Waals surface area (Å²) in [6.07, 6.45) is -0.332. The lowest BCUT2D eigenvalue weighted by Crippen LogP contribution is -2.49. The topological polar surface area (TPSA) is 75.6 Å². The SMILES string of the molecule is CC[C@@H](C)[C@@H](NC(=O)[C@@H](C)Oc1cc(Cl)c(Cl)cc1Cl)C(=O)O. The largest absolute Gasteiger partial charge is 0.480 e. The first-order valence-corrected chi connectivity index (χ1v) is 8.15. The van der Waals surface area contributed by atoms with Crippen molar-refractivity contribution in [3.63, 3.8) is 0 Å². The molecule has 0 aromatic heterocycles. The predicted octanol–water partition coefficient (Wildman–Crippen LogP) is 4.03. The van der Waals surface area contributed by atoms with E-state index >= 15 is 0 Å². The van der Waals surface area contributed by atoms with Crippen LogP contribution in [0.2, 0.25) is 15.1 Å². The smallest absolute Gasteiger partial charge is 0.326 e. The van der Waals surface area contributed by atoms with Gasteiger partial charge in [-0.1, -0.05) is 55.1 Å². The summed E-state index contributed by atoms with van der Waals surface area (Å²) in [5.41, 5.74) is 0. The van der Waals surface area contributed by atoms with Crippen LogP contribution in [0.1, 0.15) is 27.2 Å². The van der Waals surface area contributed by atoms with Crippen molar-refractivity contribution in [2.75, 3.05) is 0 Å². The molecule has 0 saturated carbocycles. The summed E-state index contributed by atoms with van der Waals surface area (Å²) in [6.45, 7) is 5.09. The summed E-state index contributed by atoms with van der Waals surface area (Å²) in [5, 5.41) is 12.4. The summed E-state index contributed by atoms with van der Waals surface area (Å²) in [7, 11) is 0. The molecule has 8 heteroatoms. The molecule has 0 unspecified atom stereocenters. The Labute approximate surface area is 149 Å². The molecule has 23 heavy (non-hydrogen) atoms. The van der Waals surface area contributed by atoms with Crippen LogP contribution in [0.5, 0.6) is 5.75 Å². The number of rotatable bonds is 7. The van der Waals surface area contributed by atoms with E-state index in [1.807, 2.05) is 6.92 Å². The van der Waals surface area contributed by atoms with Crippen LogP contribution in [-0.4, -0.2) is 29.1 Å². The van der Waals surface area contributed by atoms with Gasteiger partial charge in [-0.3, -0.25) is 4.79 Å². The lowest BCUT2D eigenvalue weighted by atomic mass is 9.99. The summed E-state index contributed by atoms with van der Waals surface area (Å²) in [6, 6.07) is 1.83. The second-order valence-corrected chi connectivity index (χ2v) is 6.39. The number of carboxylic acids is 1. The molecule has 1 rings (SSSR count). The van der Waals surface area contributed by atoms with E-state index in [1.54, 1.807) is 6.92 Å². The maximum Gasteiger partial charge on any atom is 0.326 e. The van der Waals surface area contributed by atoms with Crippen molar-refractivity contribution in [2.24, 2.45) is 5.92 Å². The van der Waals surface area contributed by atoms with Crippen LogP contribution >= 0.6 is 34.8 Å². The Hall–Kier alpha value is -1.17. The van der Waals surface area contributed by atoms with E-state index in [-0.39, 0.29) is 26.7 Å². The third kappa shape index (κ3) is 5.44. The van der Waals surface area contributed by atoms with Gasteiger partial charge in [-0.2, -0.15) is 0 Å². The van der Waals surface area contributed by atoms with Gasteiger partial charge in [-0.15, -0.1) is 0 Å². The van der Waals surface area contributed by atoms with Gasteiger partial charge in [-0.25, -0.2) is 4.79 Å². The lowest BCUT2D eigenvalue weighted by molar-refractivity contribution is -0.144. The molecule has 0 aliphatic rings. The van der Waals surface area contributed by atoms with Crippen molar-refractivity contribution >= 4 is 46.7 Å². The number of carbonyl (C=O) groups excluding carboxylic acids is 1. The molecule has 1 aromatic carbocycles. The van der Waals surface area contributed by atoms with E-state index in [9.17, 15) is 14.7 Å². The van der Waals surface area contributed by atoms with Crippen molar-refractivity contribution in [3.05, 3.63) is 27.2 Å². The van der Waals surface area contributed by atoms with Crippen molar-refractivity contribution in [1.29, 1.82) is 0 Å². The van der Waals surface area contributed by atoms with Gasteiger partial charge in [0.1, 0.15) is 11.8 Å². The highest BCUT2D eigenvalue weighted by molar-refractivity contribution is 6.43. The zero-order chi connectivity index (χ0) is 17.7. The predicted molar refractivity (Wildman–Crippen MR) is 90.6 cm³/mol. The number of halogens is 3. The van der Waals surface area contributed by atoms with Crippen LogP contribution in [0, 0.1) is 5.92 Å². The van der Waals surface area contributed by atoms with Crippen LogP contribution in [0.15, 0.2) is 12.1 Å². The molecule has 3 atom stereocenters. The Morgan fingerprint density at radius 1 is 1.17 bits per heavy atom. The first kappa shape index (κ1) is 19.9. The fourth-order valence-corrected chi connectivity index (χ4v) is 2.37. The molecule has 0 spiro atoms. The molecule has 0 heterocycles. The normalized spacial score (nSPS) is 14.7. The monoisotopic (exact) mass is 381 g/mol. The second kappa shape index (κ2) is 8.62. The molecule has 0 radical (unpaired) electrons. The molecular formula is C15H18Cl3NO4. The molecule has 0 aliphatic heterocycles. The van der Waals surface area contributed by atoms with E-state index in [2.05, 4.69) is 5.32 Å². The molecular weight excluding hydrogens is 365 g/mol. The van der Waals surface area contributed by atoms with E-state index in [0.29, 0.717) is 6.42 Å². The van der Waals surface area contributed by atoms with Gasteiger partial charge in [-0.05, 0) is 18.9 Å². The molecule has 5 nitrogen and oxygen atoms in total. The van der Waals surface area contributed by atoms with Crippen LogP contribution in [0.3, 0.4) is 0 Å². The Kier molecular flexibility index (Phi) is 7.45. The number of carboxylic acid groups (broad SMARTS) is 1. The van der Waals surface area contributed by atoms with Gasteiger partial charge in [0, 0.05) is 6.07 Å². The van der Waals surface area contributed by atoms with Crippen molar-refractivity contribution in [3.8, 4) is 5.75 Å². The molecule has 1 aromatic rings.